The fraction of sp³-hybridized carbons (Fsp3) is 0.417. The number of carbonyl (C=O) groups is 2. The quantitative estimate of drug-likeness (QED) is 0.543. The molecule has 2 aliphatic heterocycles. The van der Waals surface area contributed by atoms with Crippen molar-refractivity contribution in [2.75, 3.05) is 36.5 Å². The third-order valence-corrected chi connectivity index (χ3v) is 6.26. The Balaban J connectivity index is 1.32. The minimum Gasteiger partial charge on any atom is -0.457 e. The Kier molecular flexibility index (Phi) is 5.76. The molecule has 0 saturated carbocycles. The van der Waals surface area contributed by atoms with E-state index in [1.165, 1.54) is 5.56 Å². The van der Waals surface area contributed by atoms with Crippen molar-refractivity contribution in [1.29, 1.82) is 0 Å². The molecule has 31 heavy (non-hydrogen) atoms. The van der Waals surface area contributed by atoms with E-state index in [4.69, 9.17) is 4.74 Å². The lowest BCUT2D eigenvalue weighted by Gasteiger charge is -2.30. The lowest BCUT2D eigenvalue weighted by atomic mass is 9.83. The van der Waals surface area contributed by atoms with E-state index in [0.29, 0.717) is 31.9 Å². The molecule has 4 rings (SSSR count). The minimum atomic E-state index is -0.303. The van der Waals surface area contributed by atoms with Crippen LogP contribution < -0.4 is 9.80 Å². The predicted molar refractivity (Wildman–Crippen MR) is 119 cm³/mol. The SMILES string of the molecule is CN1/C(=C/C(=O)COC(=O)C2CCN(c3ncccn3)CC2)C(C)(C)c2ccccc21. The normalized spacial score (nSPS) is 19.4. The van der Waals surface area contributed by atoms with Crippen LogP contribution in [0.25, 0.3) is 0 Å². The summed E-state index contributed by atoms with van der Waals surface area (Å²) in [5, 5.41) is 0. The molecule has 0 spiro atoms. The van der Waals surface area contributed by atoms with Crippen molar-refractivity contribution in [3.8, 4) is 0 Å². The summed E-state index contributed by atoms with van der Waals surface area (Å²) >= 11 is 0. The Morgan fingerprint density at radius 3 is 2.48 bits per heavy atom. The molecule has 1 aromatic heterocycles. The fourth-order valence-corrected chi connectivity index (χ4v) is 4.48. The Morgan fingerprint density at radius 2 is 1.81 bits per heavy atom. The second kappa shape index (κ2) is 8.49. The van der Waals surface area contributed by atoms with Crippen LogP contribution in [0.1, 0.15) is 32.3 Å². The van der Waals surface area contributed by atoms with Gasteiger partial charge in [-0.1, -0.05) is 32.0 Å². The van der Waals surface area contributed by atoms with E-state index in [9.17, 15) is 9.59 Å². The molecule has 0 atom stereocenters. The molecular weight excluding hydrogens is 392 g/mol. The highest BCUT2D eigenvalue weighted by atomic mass is 16.5. The number of allylic oxidation sites excluding steroid dienone is 1. The van der Waals surface area contributed by atoms with Gasteiger partial charge in [-0.25, -0.2) is 9.97 Å². The average Bonchev–Trinajstić information content (AvgIpc) is 2.99. The lowest BCUT2D eigenvalue weighted by Crippen LogP contribution is -2.38. The van der Waals surface area contributed by atoms with E-state index in [0.717, 1.165) is 11.4 Å². The van der Waals surface area contributed by atoms with Crippen molar-refractivity contribution < 1.29 is 14.3 Å². The molecule has 1 aromatic carbocycles. The number of likely N-dealkylation sites (N-methyl/N-ethyl adjacent to an activating group) is 1. The summed E-state index contributed by atoms with van der Waals surface area (Å²) in [4.78, 5) is 37.7. The molecule has 2 aliphatic rings. The van der Waals surface area contributed by atoms with E-state index < -0.39 is 0 Å². The number of piperidine rings is 1. The number of esters is 1. The summed E-state index contributed by atoms with van der Waals surface area (Å²) in [5.74, 6) is -0.0235. The standard InChI is InChI=1S/C24H28N4O3/c1-24(2)19-7-4-5-8-20(19)27(3)21(24)15-18(29)16-31-22(30)17-9-13-28(14-10-17)23-25-11-6-12-26-23/h4-8,11-12,15,17H,9-10,13-14,16H2,1-3H3/b21-15+. The highest BCUT2D eigenvalue weighted by Gasteiger charge is 2.38. The number of rotatable bonds is 5. The van der Waals surface area contributed by atoms with Gasteiger partial charge >= 0.3 is 5.97 Å². The van der Waals surface area contributed by atoms with E-state index >= 15 is 0 Å². The maximum atomic E-state index is 12.6. The topological polar surface area (TPSA) is 75.6 Å². The monoisotopic (exact) mass is 420 g/mol. The van der Waals surface area contributed by atoms with Gasteiger partial charge in [0, 0.05) is 55.4 Å². The Labute approximate surface area is 182 Å². The zero-order valence-electron chi connectivity index (χ0n) is 18.2. The molecule has 162 valence electrons. The van der Waals surface area contributed by atoms with Crippen LogP contribution in [0.2, 0.25) is 0 Å². The van der Waals surface area contributed by atoms with Crippen LogP contribution in [0.15, 0.2) is 54.5 Å². The third-order valence-electron chi connectivity index (χ3n) is 6.26. The van der Waals surface area contributed by atoms with Crippen LogP contribution in [0.4, 0.5) is 11.6 Å². The number of carbonyl (C=O) groups excluding carboxylic acids is 2. The molecule has 2 aromatic rings. The van der Waals surface area contributed by atoms with Crippen LogP contribution >= 0.6 is 0 Å². The van der Waals surface area contributed by atoms with Gasteiger partial charge < -0.3 is 14.5 Å². The first-order valence-electron chi connectivity index (χ1n) is 10.6. The van der Waals surface area contributed by atoms with Gasteiger partial charge in [-0.3, -0.25) is 9.59 Å². The number of fused-ring (bicyclic) bond motifs is 1. The van der Waals surface area contributed by atoms with E-state index in [2.05, 4.69) is 40.8 Å². The van der Waals surface area contributed by atoms with E-state index in [-0.39, 0.29) is 29.7 Å². The van der Waals surface area contributed by atoms with Crippen molar-refractivity contribution in [1.82, 2.24) is 9.97 Å². The first-order chi connectivity index (χ1) is 14.9. The molecular formula is C24H28N4O3. The number of hydrogen-bond donors (Lipinski definition) is 0. The Morgan fingerprint density at radius 1 is 1.13 bits per heavy atom. The molecule has 0 radical (unpaired) electrons. The predicted octanol–water partition coefficient (Wildman–Crippen LogP) is 3.12. The van der Waals surface area contributed by atoms with Gasteiger partial charge in [-0.15, -0.1) is 0 Å². The van der Waals surface area contributed by atoms with Crippen LogP contribution in [0.5, 0.6) is 0 Å². The summed E-state index contributed by atoms with van der Waals surface area (Å²) in [5.41, 5.74) is 2.91. The number of nitrogens with zero attached hydrogens (tertiary/aromatic N) is 4. The molecule has 0 N–H and O–H groups in total. The number of benzene rings is 1. The molecule has 1 saturated heterocycles. The lowest BCUT2D eigenvalue weighted by molar-refractivity contribution is -0.151. The largest absolute Gasteiger partial charge is 0.457 e. The number of anilines is 2. The van der Waals surface area contributed by atoms with Gasteiger partial charge in [0.15, 0.2) is 12.4 Å². The summed E-state index contributed by atoms with van der Waals surface area (Å²) in [7, 11) is 1.96. The zero-order chi connectivity index (χ0) is 22.0. The van der Waals surface area contributed by atoms with Crippen LogP contribution in [-0.4, -0.2) is 48.5 Å². The highest BCUT2D eigenvalue weighted by Crippen LogP contribution is 2.46. The number of aromatic nitrogens is 2. The third kappa shape index (κ3) is 4.17. The second-order valence-electron chi connectivity index (χ2n) is 8.61. The maximum absolute atomic E-state index is 12.6. The maximum Gasteiger partial charge on any atom is 0.309 e. The smallest absolute Gasteiger partial charge is 0.309 e. The summed E-state index contributed by atoms with van der Waals surface area (Å²) in [6, 6.07) is 9.92. The van der Waals surface area contributed by atoms with Gasteiger partial charge in [0.05, 0.1) is 5.92 Å². The van der Waals surface area contributed by atoms with Gasteiger partial charge in [-0.2, -0.15) is 0 Å². The van der Waals surface area contributed by atoms with Crippen molar-refractivity contribution in [3.05, 3.63) is 60.1 Å². The second-order valence-corrected chi connectivity index (χ2v) is 8.61. The summed E-state index contributed by atoms with van der Waals surface area (Å²) < 4.78 is 5.37. The fourth-order valence-electron chi connectivity index (χ4n) is 4.48. The number of ketones is 1. The van der Waals surface area contributed by atoms with Crippen molar-refractivity contribution in [2.45, 2.75) is 32.1 Å². The minimum absolute atomic E-state index is 0.199. The summed E-state index contributed by atoms with van der Waals surface area (Å²) in [6.07, 6.45) is 6.37. The first-order valence-corrected chi connectivity index (χ1v) is 10.6. The Bertz CT molecular complexity index is 995. The van der Waals surface area contributed by atoms with Crippen LogP contribution in [0, 0.1) is 5.92 Å². The van der Waals surface area contributed by atoms with Crippen LogP contribution in [-0.2, 0) is 19.7 Å². The molecule has 0 bridgehead atoms. The molecule has 0 amide bonds. The average molecular weight is 421 g/mol. The number of hydrogen-bond acceptors (Lipinski definition) is 7. The Hall–Kier alpha value is -3.22. The van der Waals surface area contributed by atoms with Crippen molar-refractivity contribution >= 4 is 23.4 Å². The van der Waals surface area contributed by atoms with Gasteiger partial charge in [0.1, 0.15) is 0 Å². The molecule has 0 aliphatic carbocycles. The zero-order valence-corrected chi connectivity index (χ0v) is 18.2. The molecule has 7 heteroatoms. The van der Waals surface area contributed by atoms with Crippen LogP contribution in [0.3, 0.4) is 0 Å². The first kappa shape index (κ1) is 21.0. The molecule has 0 unspecified atom stereocenters. The van der Waals surface area contributed by atoms with Crippen molar-refractivity contribution in [3.63, 3.8) is 0 Å². The number of para-hydroxylation sites is 1. The van der Waals surface area contributed by atoms with Gasteiger partial charge in [0.25, 0.3) is 0 Å². The summed E-state index contributed by atoms with van der Waals surface area (Å²) in [6.45, 7) is 5.36. The van der Waals surface area contributed by atoms with E-state index in [1.807, 2.05) is 24.1 Å². The van der Waals surface area contributed by atoms with Crippen molar-refractivity contribution in [2.24, 2.45) is 5.92 Å². The molecule has 1 fully saturated rings. The van der Waals surface area contributed by atoms with Gasteiger partial charge in [-0.05, 0) is 30.5 Å². The van der Waals surface area contributed by atoms with Gasteiger partial charge in [0.2, 0.25) is 5.95 Å². The molecule has 3 heterocycles. The van der Waals surface area contributed by atoms with E-state index in [1.54, 1.807) is 24.5 Å². The molecule has 7 nitrogen and oxygen atoms in total. The highest BCUT2D eigenvalue weighted by molar-refractivity contribution is 5.94. The number of ether oxygens (including phenoxy) is 1.